The Labute approximate surface area is 313 Å². The fraction of sp³-hybridized carbons (Fsp3) is 0.0952. The van der Waals surface area contributed by atoms with Crippen LogP contribution in [0.3, 0.4) is 0 Å². The van der Waals surface area contributed by atoms with Crippen molar-refractivity contribution < 1.29 is 23.8 Å². The summed E-state index contributed by atoms with van der Waals surface area (Å²) in [6.07, 6.45) is 1.58. The highest BCUT2D eigenvalue weighted by Gasteiger charge is 2.12. The Morgan fingerprint density at radius 3 is 1.25 bits per heavy atom. The van der Waals surface area contributed by atoms with Gasteiger partial charge in [-0.1, -0.05) is 60.7 Å². The molecule has 0 aromatic heterocycles. The highest BCUT2D eigenvalue weighted by atomic mass is 79.9. The van der Waals surface area contributed by atoms with Crippen LogP contribution in [-0.4, -0.2) is 25.0 Å². The second kappa shape index (κ2) is 17.5. The summed E-state index contributed by atoms with van der Waals surface area (Å²) in [5, 5.41) is 5.83. The molecule has 0 bridgehead atoms. The molecule has 0 saturated heterocycles. The van der Waals surface area contributed by atoms with Gasteiger partial charge in [0.2, 0.25) is 0 Å². The molecule has 0 spiro atoms. The van der Waals surface area contributed by atoms with Crippen molar-refractivity contribution in [3.63, 3.8) is 0 Å². The summed E-state index contributed by atoms with van der Waals surface area (Å²) in [6, 6.07) is 45.0. The van der Waals surface area contributed by atoms with E-state index in [1.165, 1.54) is 11.1 Å². The lowest BCUT2D eigenvalue weighted by Gasteiger charge is -2.12. The highest BCUT2D eigenvalue weighted by molar-refractivity contribution is 9.11. The van der Waals surface area contributed by atoms with E-state index >= 15 is 0 Å². The van der Waals surface area contributed by atoms with Gasteiger partial charge in [-0.2, -0.15) is 0 Å². The Kier molecular flexibility index (Phi) is 12.2. The van der Waals surface area contributed by atoms with E-state index < -0.39 is 0 Å². The van der Waals surface area contributed by atoms with Crippen molar-refractivity contribution in [1.82, 2.24) is 0 Å². The van der Waals surface area contributed by atoms with Gasteiger partial charge in [0.05, 0.1) is 22.2 Å². The molecular weight excluding hydrogens is 772 g/mol. The number of carbonyl (C=O) groups excluding carboxylic acids is 2. The maximum Gasteiger partial charge on any atom is 0.255 e. The Bertz CT molecular complexity index is 1920. The van der Waals surface area contributed by atoms with Crippen LogP contribution >= 0.6 is 31.9 Å². The summed E-state index contributed by atoms with van der Waals surface area (Å²) in [6.45, 7) is 1.06. The summed E-state index contributed by atoms with van der Waals surface area (Å²) in [4.78, 5) is 25.8. The van der Waals surface area contributed by atoms with Crippen LogP contribution in [0.15, 0.2) is 155 Å². The fourth-order valence-corrected chi connectivity index (χ4v) is 6.11. The van der Waals surface area contributed by atoms with Crippen molar-refractivity contribution in [2.75, 3.05) is 23.8 Å². The van der Waals surface area contributed by atoms with Crippen LogP contribution in [0.25, 0.3) is 0 Å². The van der Waals surface area contributed by atoms with Gasteiger partial charge in [-0.05, 0) is 128 Å². The van der Waals surface area contributed by atoms with Gasteiger partial charge in [0.1, 0.15) is 23.0 Å². The van der Waals surface area contributed by atoms with Crippen molar-refractivity contribution >= 4 is 55.0 Å². The van der Waals surface area contributed by atoms with Crippen molar-refractivity contribution in [3.8, 4) is 23.0 Å². The second-order valence-electron chi connectivity index (χ2n) is 11.5. The minimum atomic E-state index is -0.242. The number of anilines is 2. The average Bonchev–Trinajstić information content (AvgIpc) is 3.15. The zero-order valence-corrected chi connectivity index (χ0v) is 30.7. The quantitative estimate of drug-likeness (QED) is 0.115. The molecule has 51 heavy (non-hydrogen) atoms. The van der Waals surface area contributed by atoms with E-state index in [9.17, 15) is 9.59 Å². The molecule has 0 heterocycles. The third-order valence-electron chi connectivity index (χ3n) is 7.83. The molecule has 6 rings (SSSR count). The SMILES string of the molecule is O=C(Nc1ccc(Oc2ccc(NC(=O)c3ccc(OCCc4ccccc4)c(Br)c3)cc2)cc1)c1ccc(OCCc2ccccc2)c(Br)c1. The molecular formula is C42H34Br2N2O5. The predicted molar refractivity (Wildman–Crippen MR) is 208 cm³/mol. The van der Waals surface area contributed by atoms with E-state index in [0.29, 0.717) is 67.7 Å². The minimum absolute atomic E-state index is 0.242. The maximum absolute atomic E-state index is 12.9. The van der Waals surface area contributed by atoms with Gasteiger partial charge in [0.15, 0.2) is 0 Å². The van der Waals surface area contributed by atoms with Crippen molar-refractivity contribution in [3.05, 3.63) is 177 Å². The molecule has 0 aliphatic rings. The van der Waals surface area contributed by atoms with Gasteiger partial charge >= 0.3 is 0 Å². The summed E-state index contributed by atoms with van der Waals surface area (Å²) in [5.41, 5.74) is 4.66. The number of hydrogen-bond acceptors (Lipinski definition) is 5. The summed E-state index contributed by atoms with van der Waals surface area (Å²) < 4.78 is 19.2. The smallest absolute Gasteiger partial charge is 0.255 e. The number of ether oxygens (including phenoxy) is 3. The van der Waals surface area contributed by atoms with Crippen LogP contribution in [0, 0.1) is 0 Å². The lowest BCUT2D eigenvalue weighted by Crippen LogP contribution is -2.12. The molecule has 0 atom stereocenters. The first-order valence-corrected chi connectivity index (χ1v) is 17.9. The van der Waals surface area contributed by atoms with E-state index in [1.807, 2.05) is 36.4 Å². The monoisotopic (exact) mass is 804 g/mol. The molecule has 0 saturated carbocycles. The van der Waals surface area contributed by atoms with Crippen LogP contribution in [0.2, 0.25) is 0 Å². The molecule has 6 aromatic carbocycles. The molecule has 2 N–H and O–H groups in total. The zero-order valence-electron chi connectivity index (χ0n) is 27.5. The van der Waals surface area contributed by atoms with E-state index in [2.05, 4.69) is 66.8 Å². The van der Waals surface area contributed by atoms with Gasteiger partial charge in [0, 0.05) is 35.3 Å². The van der Waals surface area contributed by atoms with Gasteiger partial charge in [0.25, 0.3) is 11.8 Å². The van der Waals surface area contributed by atoms with Crippen LogP contribution in [0.5, 0.6) is 23.0 Å². The number of halogens is 2. The first kappa shape index (κ1) is 35.4. The maximum atomic E-state index is 12.9. The Morgan fingerprint density at radius 2 is 0.882 bits per heavy atom. The lowest BCUT2D eigenvalue weighted by molar-refractivity contribution is 0.101. The zero-order chi connectivity index (χ0) is 35.4. The van der Waals surface area contributed by atoms with E-state index in [4.69, 9.17) is 14.2 Å². The average molecular weight is 807 g/mol. The third-order valence-corrected chi connectivity index (χ3v) is 9.07. The van der Waals surface area contributed by atoms with Gasteiger partial charge in [-0.15, -0.1) is 0 Å². The van der Waals surface area contributed by atoms with Gasteiger partial charge in [-0.25, -0.2) is 0 Å². The Balaban J connectivity index is 0.956. The molecule has 6 aromatic rings. The molecule has 256 valence electrons. The van der Waals surface area contributed by atoms with Crippen molar-refractivity contribution in [1.29, 1.82) is 0 Å². The van der Waals surface area contributed by atoms with Crippen LogP contribution in [0.1, 0.15) is 31.8 Å². The van der Waals surface area contributed by atoms with Gasteiger partial charge in [-0.3, -0.25) is 9.59 Å². The summed E-state index contributed by atoms with van der Waals surface area (Å²) in [7, 11) is 0. The largest absolute Gasteiger partial charge is 0.492 e. The summed E-state index contributed by atoms with van der Waals surface area (Å²) in [5.74, 6) is 2.07. The Morgan fingerprint density at radius 1 is 0.490 bits per heavy atom. The Hall–Kier alpha value is -5.38. The first-order chi connectivity index (χ1) is 24.9. The summed E-state index contributed by atoms with van der Waals surface area (Å²) >= 11 is 7.05. The van der Waals surface area contributed by atoms with Crippen molar-refractivity contribution in [2.24, 2.45) is 0 Å². The first-order valence-electron chi connectivity index (χ1n) is 16.3. The molecule has 9 heteroatoms. The lowest BCUT2D eigenvalue weighted by atomic mass is 10.1. The van der Waals surface area contributed by atoms with E-state index in [-0.39, 0.29) is 11.8 Å². The molecule has 0 unspecified atom stereocenters. The predicted octanol–water partition coefficient (Wildman–Crippen LogP) is 10.8. The third kappa shape index (κ3) is 10.3. The molecule has 0 aliphatic heterocycles. The number of nitrogens with one attached hydrogen (secondary N) is 2. The standard InChI is InChI=1S/C42H34Br2N2O5/c43-37-27-31(11-21-39(37)49-25-23-29-7-3-1-4-8-29)41(47)45-33-13-17-35(18-14-33)51-36-19-15-34(16-20-36)46-42(48)32-12-22-40(38(44)28-32)50-26-24-30-9-5-2-6-10-30/h1-22,27-28H,23-26H2,(H,45,47)(H,46,48). The number of benzene rings is 6. The van der Waals surface area contributed by atoms with Gasteiger partial charge < -0.3 is 24.8 Å². The van der Waals surface area contributed by atoms with Crippen LogP contribution in [0.4, 0.5) is 11.4 Å². The van der Waals surface area contributed by atoms with Crippen molar-refractivity contribution in [2.45, 2.75) is 12.8 Å². The normalized spacial score (nSPS) is 10.6. The second-order valence-corrected chi connectivity index (χ2v) is 13.2. The highest BCUT2D eigenvalue weighted by Crippen LogP contribution is 2.29. The number of amides is 2. The molecule has 2 amide bonds. The fourth-order valence-electron chi connectivity index (χ4n) is 5.12. The van der Waals surface area contributed by atoms with Crippen LogP contribution < -0.4 is 24.8 Å². The molecule has 7 nitrogen and oxygen atoms in total. The van der Waals surface area contributed by atoms with E-state index in [0.717, 1.165) is 12.8 Å². The number of carbonyl (C=O) groups is 2. The van der Waals surface area contributed by atoms with Crippen LogP contribution in [-0.2, 0) is 12.8 Å². The molecule has 0 fully saturated rings. The molecule has 0 aliphatic carbocycles. The topological polar surface area (TPSA) is 85.9 Å². The van der Waals surface area contributed by atoms with E-state index in [1.54, 1.807) is 84.9 Å². The number of hydrogen-bond donors (Lipinski definition) is 2. The minimum Gasteiger partial charge on any atom is -0.492 e. The molecule has 0 radical (unpaired) electrons. The number of rotatable bonds is 14.